The highest BCUT2D eigenvalue weighted by molar-refractivity contribution is 6.32. The molecule has 1 aromatic heterocycles. The monoisotopic (exact) mass is 414 g/mol. The average Bonchev–Trinajstić information content (AvgIpc) is 3.37. The second kappa shape index (κ2) is 8.09. The summed E-state index contributed by atoms with van der Waals surface area (Å²) in [6, 6.07) is 17.7. The molecule has 0 spiro atoms. The largest absolute Gasteiger partial charge is 0.482 e. The number of halogens is 2. The molecule has 0 aliphatic carbocycles. The van der Waals surface area contributed by atoms with Crippen LogP contribution in [0.1, 0.15) is 23.8 Å². The maximum absolute atomic E-state index is 12.9. The zero-order valence-corrected chi connectivity index (χ0v) is 16.2. The van der Waals surface area contributed by atoms with Crippen molar-refractivity contribution in [2.24, 2.45) is 5.10 Å². The zero-order valence-electron chi connectivity index (χ0n) is 14.7. The van der Waals surface area contributed by atoms with Crippen LogP contribution in [0.3, 0.4) is 0 Å². The number of nitrogens with zero attached hydrogens (tertiary/aromatic N) is 2. The summed E-state index contributed by atoms with van der Waals surface area (Å²) >= 11 is 12.1. The lowest BCUT2D eigenvalue weighted by Crippen LogP contribution is -2.31. The first-order chi connectivity index (χ1) is 13.6. The maximum Gasteiger partial charge on any atom is 0.281 e. The molecule has 1 atom stereocenters. The van der Waals surface area contributed by atoms with Gasteiger partial charge in [-0.15, -0.1) is 0 Å². The molecule has 1 amide bonds. The first-order valence-electron chi connectivity index (χ1n) is 8.68. The number of benzene rings is 2. The van der Waals surface area contributed by atoms with E-state index in [2.05, 4.69) is 5.10 Å². The number of amides is 1. The fourth-order valence-corrected chi connectivity index (χ4v) is 3.34. The Bertz CT molecular complexity index is 1000. The molecular formula is C21H16Cl2N2O3. The van der Waals surface area contributed by atoms with Gasteiger partial charge in [-0.25, -0.2) is 5.01 Å². The Hall–Kier alpha value is -2.76. The van der Waals surface area contributed by atoms with Crippen LogP contribution >= 0.6 is 23.2 Å². The molecule has 28 heavy (non-hydrogen) atoms. The Morgan fingerprint density at radius 1 is 1.11 bits per heavy atom. The molecule has 1 aliphatic heterocycles. The number of carbonyl (C=O) groups excluding carboxylic acids is 1. The van der Waals surface area contributed by atoms with Crippen LogP contribution in [0.15, 0.2) is 76.4 Å². The van der Waals surface area contributed by atoms with Crippen LogP contribution in [0.5, 0.6) is 5.75 Å². The van der Waals surface area contributed by atoms with Crippen molar-refractivity contribution in [3.05, 3.63) is 88.3 Å². The van der Waals surface area contributed by atoms with Crippen molar-refractivity contribution in [3.8, 4) is 5.75 Å². The molecule has 1 aliphatic rings. The molecule has 4 rings (SSSR count). The van der Waals surface area contributed by atoms with Gasteiger partial charge in [0.1, 0.15) is 17.6 Å². The number of rotatable bonds is 5. The Balaban J connectivity index is 1.56. The van der Waals surface area contributed by atoms with Crippen LogP contribution in [0.2, 0.25) is 10.0 Å². The minimum Gasteiger partial charge on any atom is -0.482 e. The highest BCUT2D eigenvalue weighted by Gasteiger charge is 2.35. The van der Waals surface area contributed by atoms with Gasteiger partial charge in [-0.2, -0.15) is 5.10 Å². The maximum atomic E-state index is 12.9. The predicted octanol–water partition coefficient (Wildman–Crippen LogP) is 5.34. The number of ether oxygens (including phenoxy) is 1. The zero-order chi connectivity index (χ0) is 19.5. The van der Waals surface area contributed by atoms with Crippen molar-refractivity contribution in [1.82, 2.24) is 5.01 Å². The molecular weight excluding hydrogens is 399 g/mol. The minimum atomic E-state index is -0.331. The molecule has 5 nitrogen and oxygen atoms in total. The molecule has 142 valence electrons. The summed E-state index contributed by atoms with van der Waals surface area (Å²) in [5, 5.41) is 7.05. The third-order valence-corrected chi connectivity index (χ3v) is 4.97. The van der Waals surface area contributed by atoms with E-state index in [0.717, 1.165) is 11.3 Å². The third-order valence-electron chi connectivity index (χ3n) is 4.40. The van der Waals surface area contributed by atoms with Gasteiger partial charge in [-0.1, -0.05) is 47.5 Å². The van der Waals surface area contributed by atoms with E-state index in [4.69, 9.17) is 32.4 Å². The summed E-state index contributed by atoms with van der Waals surface area (Å²) in [6.07, 6.45) is 2.12. The van der Waals surface area contributed by atoms with Gasteiger partial charge in [-0.05, 0) is 42.0 Å². The van der Waals surface area contributed by atoms with Crippen molar-refractivity contribution in [2.45, 2.75) is 12.5 Å². The van der Waals surface area contributed by atoms with Crippen molar-refractivity contribution < 1.29 is 13.9 Å². The summed E-state index contributed by atoms with van der Waals surface area (Å²) < 4.78 is 11.1. The highest BCUT2D eigenvalue weighted by Crippen LogP contribution is 2.33. The number of hydrogen-bond donors (Lipinski definition) is 0. The standard InChI is InChI=1S/C21H16Cl2N2O3/c22-15-9-7-14(8-10-15)17-12-18(20-6-3-11-27-20)25(24-17)21(26)13-28-19-5-2-1-4-16(19)23/h1-11,18H,12-13H2. The van der Waals surface area contributed by atoms with Gasteiger partial charge in [0.05, 0.1) is 17.0 Å². The van der Waals surface area contributed by atoms with E-state index in [1.54, 1.807) is 48.7 Å². The summed E-state index contributed by atoms with van der Waals surface area (Å²) in [5.41, 5.74) is 1.69. The second-order valence-electron chi connectivity index (χ2n) is 6.25. The van der Waals surface area contributed by atoms with Crippen LogP contribution in [0, 0.1) is 0 Å². The molecule has 7 heteroatoms. The van der Waals surface area contributed by atoms with Gasteiger partial charge in [-0.3, -0.25) is 4.79 Å². The number of hydrazone groups is 1. The van der Waals surface area contributed by atoms with E-state index in [0.29, 0.717) is 28.0 Å². The third kappa shape index (κ3) is 3.91. The molecule has 0 N–H and O–H groups in total. The van der Waals surface area contributed by atoms with Crippen molar-refractivity contribution >= 4 is 34.8 Å². The van der Waals surface area contributed by atoms with Gasteiger partial charge >= 0.3 is 0 Å². The van der Waals surface area contributed by atoms with Crippen LogP contribution in [-0.4, -0.2) is 23.2 Å². The number of para-hydroxylation sites is 1. The molecule has 0 fully saturated rings. The molecule has 2 heterocycles. The van der Waals surface area contributed by atoms with E-state index >= 15 is 0 Å². The number of carbonyl (C=O) groups is 1. The lowest BCUT2D eigenvalue weighted by molar-refractivity contribution is -0.135. The first-order valence-corrected chi connectivity index (χ1v) is 9.43. The van der Waals surface area contributed by atoms with E-state index in [1.807, 2.05) is 18.2 Å². The molecule has 0 saturated heterocycles. The highest BCUT2D eigenvalue weighted by atomic mass is 35.5. The summed E-state index contributed by atoms with van der Waals surface area (Å²) in [6.45, 7) is -0.182. The molecule has 3 aromatic rings. The van der Waals surface area contributed by atoms with E-state index in [1.165, 1.54) is 5.01 Å². The SMILES string of the molecule is O=C(COc1ccccc1Cl)N1N=C(c2ccc(Cl)cc2)CC1c1ccco1. The summed E-state index contributed by atoms with van der Waals surface area (Å²) in [5.74, 6) is 0.831. The van der Waals surface area contributed by atoms with E-state index in [-0.39, 0.29) is 18.6 Å². The molecule has 1 unspecified atom stereocenters. The topological polar surface area (TPSA) is 55.0 Å². The van der Waals surface area contributed by atoms with Gasteiger partial charge in [0, 0.05) is 11.4 Å². The molecule has 0 bridgehead atoms. The van der Waals surface area contributed by atoms with Crippen LogP contribution < -0.4 is 4.74 Å². The summed E-state index contributed by atoms with van der Waals surface area (Å²) in [7, 11) is 0. The van der Waals surface area contributed by atoms with Crippen LogP contribution in [-0.2, 0) is 4.79 Å². The Morgan fingerprint density at radius 2 is 1.89 bits per heavy atom. The average molecular weight is 415 g/mol. The number of hydrogen-bond acceptors (Lipinski definition) is 4. The quantitative estimate of drug-likeness (QED) is 0.565. The number of furan rings is 1. The van der Waals surface area contributed by atoms with E-state index in [9.17, 15) is 4.79 Å². The van der Waals surface area contributed by atoms with Crippen molar-refractivity contribution in [3.63, 3.8) is 0 Å². The minimum absolute atomic E-state index is 0.182. The van der Waals surface area contributed by atoms with Gasteiger partial charge in [0.2, 0.25) is 0 Å². The second-order valence-corrected chi connectivity index (χ2v) is 7.09. The normalized spacial score (nSPS) is 16.1. The van der Waals surface area contributed by atoms with Crippen molar-refractivity contribution in [1.29, 1.82) is 0 Å². The molecule has 0 radical (unpaired) electrons. The predicted molar refractivity (Wildman–Crippen MR) is 108 cm³/mol. The van der Waals surface area contributed by atoms with Gasteiger partial charge < -0.3 is 9.15 Å². The van der Waals surface area contributed by atoms with Crippen LogP contribution in [0.25, 0.3) is 0 Å². The molecule has 2 aromatic carbocycles. The fourth-order valence-electron chi connectivity index (χ4n) is 3.03. The van der Waals surface area contributed by atoms with Gasteiger partial charge in [0.15, 0.2) is 6.61 Å². The van der Waals surface area contributed by atoms with Crippen LogP contribution in [0.4, 0.5) is 0 Å². The lowest BCUT2D eigenvalue weighted by Gasteiger charge is -2.20. The Labute approximate surface area is 172 Å². The van der Waals surface area contributed by atoms with E-state index < -0.39 is 0 Å². The lowest BCUT2D eigenvalue weighted by atomic mass is 10.0. The Morgan fingerprint density at radius 3 is 2.61 bits per heavy atom. The van der Waals surface area contributed by atoms with Gasteiger partial charge in [0.25, 0.3) is 5.91 Å². The van der Waals surface area contributed by atoms with Crippen molar-refractivity contribution in [2.75, 3.05) is 6.61 Å². The smallest absolute Gasteiger partial charge is 0.281 e. The summed E-state index contributed by atoms with van der Waals surface area (Å²) in [4.78, 5) is 12.9. The Kier molecular flexibility index (Phi) is 5.37. The first kappa shape index (κ1) is 18.6. The molecule has 0 saturated carbocycles. The fraction of sp³-hybridized carbons (Fsp3) is 0.143.